The Balaban J connectivity index is 1.68. The predicted octanol–water partition coefficient (Wildman–Crippen LogP) is 4.50. The number of hydrogen-bond acceptors (Lipinski definition) is 3. The Hall–Kier alpha value is -3.47. The van der Waals surface area contributed by atoms with Crippen molar-refractivity contribution in [3.63, 3.8) is 0 Å². The van der Waals surface area contributed by atoms with Gasteiger partial charge in [0, 0.05) is 23.7 Å². The van der Waals surface area contributed by atoms with E-state index in [2.05, 4.69) is 15.4 Å². The van der Waals surface area contributed by atoms with E-state index in [1.807, 2.05) is 86.4 Å². The predicted molar refractivity (Wildman–Crippen MR) is 108 cm³/mol. The SMILES string of the molecule is Cc1ccc(NC(=O)c2nc(-c3ccc4cnn(C)c4c3)ccc2C)cc1. The first-order chi connectivity index (χ1) is 13.0. The number of rotatable bonds is 3. The van der Waals surface area contributed by atoms with Gasteiger partial charge in [-0.3, -0.25) is 9.48 Å². The highest BCUT2D eigenvalue weighted by molar-refractivity contribution is 6.04. The van der Waals surface area contributed by atoms with Gasteiger partial charge in [-0.25, -0.2) is 4.98 Å². The minimum Gasteiger partial charge on any atom is -0.321 e. The van der Waals surface area contributed by atoms with E-state index in [0.29, 0.717) is 5.69 Å². The number of hydrogen-bond donors (Lipinski definition) is 1. The number of aromatic nitrogens is 3. The van der Waals surface area contributed by atoms with E-state index in [4.69, 9.17) is 0 Å². The second-order valence-corrected chi connectivity index (χ2v) is 6.72. The van der Waals surface area contributed by atoms with Crippen molar-refractivity contribution in [3.8, 4) is 11.3 Å². The molecule has 4 rings (SSSR count). The second kappa shape index (κ2) is 6.68. The van der Waals surface area contributed by atoms with Crippen molar-refractivity contribution in [2.45, 2.75) is 13.8 Å². The number of pyridine rings is 1. The summed E-state index contributed by atoms with van der Waals surface area (Å²) >= 11 is 0. The van der Waals surface area contributed by atoms with Gasteiger partial charge in [0.2, 0.25) is 0 Å². The van der Waals surface area contributed by atoms with Crippen LogP contribution in [-0.2, 0) is 7.05 Å². The Kier molecular flexibility index (Phi) is 4.20. The minimum absolute atomic E-state index is 0.209. The van der Waals surface area contributed by atoms with Gasteiger partial charge in [0.05, 0.1) is 17.4 Å². The Morgan fingerprint density at radius 1 is 1.00 bits per heavy atom. The van der Waals surface area contributed by atoms with Crippen LogP contribution in [-0.4, -0.2) is 20.7 Å². The van der Waals surface area contributed by atoms with Gasteiger partial charge in [-0.05, 0) is 43.7 Å². The van der Waals surface area contributed by atoms with E-state index in [9.17, 15) is 4.79 Å². The first-order valence-corrected chi connectivity index (χ1v) is 8.79. The van der Waals surface area contributed by atoms with Crippen LogP contribution < -0.4 is 5.32 Å². The first kappa shape index (κ1) is 17.0. The molecule has 0 saturated carbocycles. The van der Waals surface area contributed by atoms with Crippen LogP contribution in [0.4, 0.5) is 5.69 Å². The smallest absolute Gasteiger partial charge is 0.274 e. The molecular weight excluding hydrogens is 336 g/mol. The van der Waals surface area contributed by atoms with Crippen LogP contribution in [0.5, 0.6) is 0 Å². The number of carbonyl (C=O) groups is 1. The number of fused-ring (bicyclic) bond motifs is 1. The number of carbonyl (C=O) groups excluding carboxylic acids is 1. The highest BCUT2D eigenvalue weighted by Gasteiger charge is 2.13. The standard InChI is InChI=1S/C22H20N4O/c1-14-4-9-18(10-5-14)24-22(27)21-15(2)6-11-19(25-21)16-7-8-17-13-23-26(3)20(17)12-16/h4-13H,1-3H3,(H,24,27). The first-order valence-electron chi connectivity index (χ1n) is 8.79. The van der Waals surface area contributed by atoms with Crippen LogP contribution >= 0.6 is 0 Å². The minimum atomic E-state index is -0.209. The molecule has 134 valence electrons. The number of nitrogens with one attached hydrogen (secondary N) is 1. The van der Waals surface area contributed by atoms with Crippen molar-refractivity contribution < 1.29 is 4.79 Å². The lowest BCUT2D eigenvalue weighted by Gasteiger charge is -2.10. The Bertz CT molecular complexity index is 1140. The molecule has 2 aromatic carbocycles. The number of benzene rings is 2. The molecule has 0 saturated heterocycles. The summed E-state index contributed by atoms with van der Waals surface area (Å²) in [5, 5.41) is 8.27. The molecule has 0 radical (unpaired) electrons. The molecule has 0 spiro atoms. The highest BCUT2D eigenvalue weighted by Crippen LogP contribution is 2.24. The molecular formula is C22H20N4O. The molecule has 0 aliphatic carbocycles. The van der Waals surface area contributed by atoms with Crippen molar-refractivity contribution in [3.05, 3.63) is 77.6 Å². The van der Waals surface area contributed by atoms with E-state index in [0.717, 1.165) is 39.0 Å². The summed E-state index contributed by atoms with van der Waals surface area (Å²) in [6.45, 7) is 3.91. The van der Waals surface area contributed by atoms with E-state index < -0.39 is 0 Å². The largest absolute Gasteiger partial charge is 0.321 e. The maximum Gasteiger partial charge on any atom is 0.274 e. The maximum atomic E-state index is 12.7. The molecule has 0 atom stereocenters. The van der Waals surface area contributed by atoms with Crippen LogP contribution in [0.2, 0.25) is 0 Å². The quantitative estimate of drug-likeness (QED) is 0.588. The molecule has 2 aromatic heterocycles. The van der Waals surface area contributed by atoms with Gasteiger partial charge < -0.3 is 5.32 Å². The molecule has 0 unspecified atom stereocenters. The zero-order valence-electron chi connectivity index (χ0n) is 15.5. The fraction of sp³-hybridized carbons (Fsp3) is 0.136. The monoisotopic (exact) mass is 356 g/mol. The highest BCUT2D eigenvalue weighted by atomic mass is 16.1. The lowest BCUT2D eigenvalue weighted by atomic mass is 10.1. The molecule has 2 heterocycles. The van der Waals surface area contributed by atoms with Gasteiger partial charge in [-0.1, -0.05) is 35.9 Å². The summed E-state index contributed by atoms with van der Waals surface area (Å²) in [5.74, 6) is -0.209. The third-order valence-electron chi connectivity index (χ3n) is 4.67. The van der Waals surface area contributed by atoms with Crippen LogP contribution in [0.15, 0.2) is 60.8 Å². The molecule has 0 bridgehead atoms. The van der Waals surface area contributed by atoms with Gasteiger partial charge in [0.15, 0.2) is 0 Å². The van der Waals surface area contributed by atoms with Gasteiger partial charge >= 0.3 is 0 Å². The van der Waals surface area contributed by atoms with Crippen LogP contribution in [0.3, 0.4) is 0 Å². The lowest BCUT2D eigenvalue weighted by molar-refractivity contribution is 0.102. The molecule has 1 amide bonds. The van der Waals surface area contributed by atoms with E-state index >= 15 is 0 Å². The van der Waals surface area contributed by atoms with Gasteiger partial charge in [-0.2, -0.15) is 5.10 Å². The summed E-state index contributed by atoms with van der Waals surface area (Å²) in [5.41, 5.74) is 5.92. The fourth-order valence-corrected chi connectivity index (χ4v) is 3.05. The van der Waals surface area contributed by atoms with E-state index in [1.165, 1.54) is 0 Å². The van der Waals surface area contributed by atoms with Crippen LogP contribution in [0, 0.1) is 13.8 Å². The Labute approximate surface area is 157 Å². The van der Waals surface area contributed by atoms with Crippen molar-refractivity contribution >= 4 is 22.5 Å². The summed E-state index contributed by atoms with van der Waals surface area (Å²) < 4.78 is 1.83. The molecule has 4 aromatic rings. The fourth-order valence-electron chi connectivity index (χ4n) is 3.05. The average Bonchev–Trinajstić information content (AvgIpc) is 3.04. The lowest BCUT2D eigenvalue weighted by Crippen LogP contribution is -2.15. The van der Waals surface area contributed by atoms with Crippen molar-refractivity contribution in [1.82, 2.24) is 14.8 Å². The Morgan fingerprint density at radius 3 is 2.56 bits per heavy atom. The van der Waals surface area contributed by atoms with E-state index in [-0.39, 0.29) is 5.91 Å². The van der Waals surface area contributed by atoms with Crippen molar-refractivity contribution in [1.29, 1.82) is 0 Å². The van der Waals surface area contributed by atoms with Gasteiger partial charge in [0.25, 0.3) is 5.91 Å². The second-order valence-electron chi connectivity index (χ2n) is 6.72. The third kappa shape index (κ3) is 3.31. The summed E-state index contributed by atoms with van der Waals surface area (Å²) in [7, 11) is 1.91. The van der Waals surface area contributed by atoms with Gasteiger partial charge in [0.1, 0.15) is 5.69 Å². The molecule has 5 nitrogen and oxygen atoms in total. The number of nitrogens with zero attached hydrogens (tertiary/aromatic N) is 3. The number of anilines is 1. The zero-order chi connectivity index (χ0) is 19.0. The Morgan fingerprint density at radius 2 is 1.78 bits per heavy atom. The molecule has 0 aliphatic rings. The maximum absolute atomic E-state index is 12.7. The molecule has 0 fully saturated rings. The van der Waals surface area contributed by atoms with Crippen LogP contribution in [0.1, 0.15) is 21.6 Å². The zero-order valence-corrected chi connectivity index (χ0v) is 15.5. The molecule has 1 N–H and O–H groups in total. The summed E-state index contributed by atoms with van der Waals surface area (Å²) in [6, 6.07) is 17.7. The number of amides is 1. The third-order valence-corrected chi connectivity index (χ3v) is 4.67. The normalized spacial score (nSPS) is 10.9. The van der Waals surface area contributed by atoms with Crippen LogP contribution in [0.25, 0.3) is 22.2 Å². The molecule has 5 heteroatoms. The average molecular weight is 356 g/mol. The number of aryl methyl sites for hydroxylation is 3. The summed E-state index contributed by atoms with van der Waals surface area (Å²) in [6.07, 6.45) is 1.84. The molecule has 27 heavy (non-hydrogen) atoms. The van der Waals surface area contributed by atoms with Crippen molar-refractivity contribution in [2.75, 3.05) is 5.32 Å². The van der Waals surface area contributed by atoms with E-state index in [1.54, 1.807) is 0 Å². The topological polar surface area (TPSA) is 59.8 Å². The summed E-state index contributed by atoms with van der Waals surface area (Å²) in [4.78, 5) is 17.4. The van der Waals surface area contributed by atoms with Crippen molar-refractivity contribution in [2.24, 2.45) is 7.05 Å². The molecule has 0 aliphatic heterocycles. The van der Waals surface area contributed by atoms with Gasteiger partial charge in [-0.15, -0.1) is 0 Å².